The highest BCUT2D eigenvalue weighted by molar-refractivity contribution is 5.60. The summed E-state index contributed by atoms with van der Waals surface area (Å²) < 4.78 is 0. The Morgan fingerprint density at radius 1 is 1.00 bits per heavy atom. The predicted octanol–water partition coefficient (Wildman–Crippen LogP) is 2.50. The number of anilines is 3. The molecule has 2 aliphatic heterocycles. The van der Waals surface area contributed by atoms with Crippen molar-refractivity contribution >= 4 is 17.3 Å². The molecule has 3 rings (SSSR count). The SMILES string of the molecule is CC1CCN(c2cc(N)cc(N3CCCC3)n2)CC1. The standard InChI is InChI=1S/C15H24N4/c1-12-4-8-19(9-5-12)15-11-13(16)10-14(17-15)18-6-2-3-7-18/h10-12H,2-9H2,1H3,(H2,16,17). The molecule has 4 nitrogen and oxygen atoms in total. The number of hydrogen-bond donors (Lipinski definition) is 1. The Balaban J connectivity index is 1.80. The second kappa shape index (κ2) is 5.27. The van der Waals surface area contributed by atoms with Crippen LogP contribution in [0, 0.1) is 5.92 Å². The van der Waals surface area contributed by atoms with Gasteiger partial charge in [-0.25, -0.2) is 4.98 Å². The van der Waals surface area contributed by atoms with Crippen molar-refractivity contribution < 1.29 is 0 Å². The molecule has 0 aromatic carbocycles. The molecule has 0 radical (unpaired) electrons. The van der Waals surface area contributed by atoms with Crippen LogP contribution >= 0.6 is 0 Å². The number of aromatic nitrogens is 1. The Morgan fingerprint density at radius 3 is 2.11 bits per heavy atom. The number of nitrogen functional groups attached to an aromatic ring is 1. The smallest absolute Gasteiger partial charge is 0.133 e. The molecular weight excluding hydrogens is 236 g/mol. The fraction of sp³-hybridized carbons (Fsp3) is 0.667. The molecule has 0 bridgehead atoms. The summed E-state index contributed by atoms with van der Waals surface area (Å²) in [6.07, 6.45) is 5.06. The molecule has 0 amide bonds. The summed E-state index contributed by atoms with van der Waals surface area (Å²) in [4.78, 5) is 9.57. The summed E-state index contributed by atoms with van der Waals surface area (Å²) in [5, 5.41) is 0. The molecule has 0 saturated carbocycles. The van der Waals surface area contributed by atoms with Gasteiger partial charge in [0.1, 0.15) is 11.6 Å². The van der Waals surface area contributed by atoms with Crippen LogP contribution in [0.1, 0.15) is 32.6 Å². The lowest BCUT2D eigenvalue weighted by molar-refractivity contribution is 0.436. The zero-order valence-corrected chi connectivity index (χ0v) is 11.8. The lowest BCUT2D eigenvalue weighted by atomic mass is 9.99. The lowest BCUT2D eigenvalue weighted by Crippen LogP contribution is -2.33. The van der Waals surface area contributed by atoms with Crippen molar-refractivity contribution in [2.45, 2.75) is 32.6 Å². The first-order valence-electron chi connectivity index (χ1n) is 7.50. The molecule has 104 valence electrons. The molecule has 3 heterocycles. The van der Waals surface area contributed by atoms with Crippen LogP contribution in [0.25, 0.3) is 0 Å². The summed E-state index contributed by atoms with van der Waals surface area (Å²) in [5.41, 5.74) is 6.91. The van der Waals surface area contributed by atoms with Crippen molar-refractivity contribution in [1.82, 2.24) is 4.98 Å². The van der Waals surface area contributed by atoms with E-state index in [-0.39, 0.29) is 0 Å². The number of hydrogen-bond acceptors (Lipinski definition) is 4. The monoisotopic (exact) mass is 260 g/mol. The first-order valence-corrected chi connectivity index (χ1v) is 7.50. The summed E-state index contributed by atoms with van der Waals surface area (Å²) >= 11 is 0. The Bertz CT molecular complexity index is 432. The van der Waals surface area contributed by atoms with Gasteiger partial charge in [0.15, 0.2) is 0 Å². The van der Waals surface area contributed by atoms with Gasteiger partial charge in [-0.15, -0.1) is 0 Å². The zero-order chi connectivity index (χ0) is 13.2. The average molecular weight is 260 g/mol. The maximum atomic E-state index is 6.07. The quantitative estimate of drug-likeness (QED) is 0.887. The van der Waals surface area contributed by atoms with Crippen LogP contribution in [-0.4, -0.2) is 31.2 Å². The van der Waals surface area contributed by atoms with Crippen LogP contribution in [0.2, 0.25) is 0 Å². The van der Waals surface area contributed by atoms with Crippen molar-refractivity contribution in [2.75, 3.05) is 41.7 Å². The molecule has 1 aromatic rings. The average Bonchev–Trinajstić information content (AvgIpc) is 2.93. The van der Waals surface area contributed by atoms with E-state index in [0.29, 0.717) is 0 Å². The van der Waals surface area contributed by atoms with Gasteiger partial charge in [0, 0.05) is 44.0 Å². The summed E-state index contributed by atoms with van der Waals surface area (Å²) in [6.45, 7) is 6.79. The first-order chi connectivity index (χ1) is 9.22. The van der Waals surface area contributed by atoms with E-state index in [1.807, 2.05) is 12.1 Å². The molecule has 0 aliphatic carbocycles. The Morgan fingerprint density at radius 2 is 1.53 bits per heavy atom. The second-order valence-electron chi connectivity index (χ2n) is 5.98. The fourth-order valence-corrected chi connectivity index (χ4v) is 3.03. The molecule has 4 heteroatoms. The van der Waals surface area contributed by atoms with E-state index >= 15 is 0 Å². The van der Waals surface area contributed by atoms with E-state index in [1.165, 1.54) is 25.7 Å². The van der Waals surface area contributed by atoms with E-state index in [2.05, 4.69) is 16.7 Å². The van der Waals surface area contributed by atoms with Gasteiger partial charge < -0.3 is 15.5 Å². The van der Waals surface area contributed by atoms with Gasteiger partial charge >= 0.3 is 0 Å². The highest BCUT2D eigenvalue weighted by atomic mass is 15.3. The molecule has 0 spiro atoms. The summed E-state index contributed by atoms with van der Waals surface area (Å²) in [6, 6.07) is 4.04. The molecule has 2 saturated heterocycles. The van der Waals surface area contributed by atoms with E-state index in [9.17, 15) is 0 Å². The normalized spacial score (nSPS) is 21.1. The van der Waals surface area contributed by atoms with Gasteiger partial charge in [-0.2, -0.15) is 0 Å². The van der Waals surface area contributed by atoms with E-state index in [4.69, 9.17) is 10.7 Å². The van der Waals surface area contributed by atoms with Crippen molar-refractivity contribution in [1.29, 1.82) is 0 Å². The van der Waals surface area contributed by atoms with Gasteiger partial charge in [0.2, 0.25) is 0 Å². The van der Waals surface area contributed by atoms with Crippen molar-refractivity contribution in [2.24, 2.45) is 5.92 Å². The Hall–Kier alpha value is -1.45. The van der Waals surface area contributed by atoms with Gasteiger partial charge in [-0.05, 0) is 31.6 Å². The minimum absolute atomic E-state index is 0.838. The largest absolute Gasteiger partial charge is 0.399 e. The second-order valence-corrected chi connectivity index (χ2v) is 5.98. The molecule has 2 aliphatic rings. The molecule has 0 atom stereocenters. The molecule has 1 aromatic heterocycles. The lowest BCUT2D eigenvalue weighted by Gasteiger charge is -2.32. The fourth-order valence-electron chi connectivity index (χ4n) is 3.03. The van der Waals surface area contributed by atoms with Gasteiger partial charge in [0.05, 0.1) is 0 Å². The number of nitrogens with zero attached hydrogens (tertiary/aromatic N) is 3. The third-order valence-electron chi connectivity index (χ3n) is 4.36. The predicted molar refractivity (Wildman–Crippen MR) is 80.7 cm³/mol. The minimum atomic E-state index is 0.838. The summed E-state index contributed by atoms with van der Waals surface area (Å²) in [5.74, 6) is 2.97. The van der Waals surface area contributed by atoms with Gasteiger partial charge in [-0.1, -0.05) is 6.92 Å². The first kappa shape index (κ1) is 12.6. The maximum absolute atomic E-state index is 6.07. The molecule has 19 heavy (non-hydrogen) atoms. The highest BCUT2D eigenvalue weighted by Crippen LogP contribution is 2.27. The maximum Gasteiger partial charge on any atom is 0.133 e. The van der Waals surface area contributed by atoms with Crippen LogP contribution in [0.4, 0.5) is 17.3 Å². The van der Waals surface area contributed by atoms with Crippen LogP contribution in [-0.2, 0) is 0 Å². The van der Waals surface area contributed by atoms with Crippen molar-refractivity contribution in [3.8, 4) is 0 Å². The van der Waals surface area contributed by atoms with Crippen molar-refractivity contribution in [3.63, 3.8) is 0 Å². The van der Waals surface area contributed by atoms with E-state index in [1.54, 1.807) is 0 Å². The minimum Gasteiger partial charge on any atom is -0.399 e. The Kier molecular flexibility index (Phi) is 3.49. The van der Waals surface area contributed by atoms with Crippen molar-refractivity contribution in [3.05, 3.63) is 12.1 Å². The van der Waals surface area contributed by atoms with Crippen LogP contribution in [0.3, 0.4) is 0 Å². The van der Waals surface area contributed by atoms with E-state index < -0.39 is 0 Å². The number of rotatable bonds is 2. The van der Waals surface area contributed by atoms with Gasteiger partial charge in [0.25, 0.3) is 0 Å². The molecule has 2 fully saturated rings. The van der Waals surface area contributed by atoms with Crippen LogP contribution in [0.15, 0.2) is 12.1 Å². The topological polar surface area (TPSA) is 45.4 Å². The van der Waals surface area contributed by atoms with Crippen LogP contribution in [0.5, 0.6) is 0 Å². The zero-order valence-electron chi connectivity index (χ0n) is 11.8. The molecular formula is C15H24N4. The third kappa shape index (κ3) is 2.77. The Labute approximate surface area is 115 Å². The molecule has 2 N–H and O–H groups in total. The highest BCUT2D eigenvalue weighted by Gasteiger charge is 2.20. The van der Waals surface area contributed by atoms with E-state index in [0.717, 1.165) is 49.4 Å². The van der Waals surface area contributed by atoms with Crippen LogP contribution < -0.4 is 15.5 Å². The van der Waals surface area contributed by atoms with Gasteiger partial charge in [-0.3, -0.25) is 0 Å². The number of nitrogens with two attached hydrogens (primary N) is 1. The summed E-state index contributed by atoms with van der Waals surface area (Å²) in [7, 11) is 0. The number of pyridine rings is 1. The number of piperidine rings is 1. The molecule has 0 unspecified atom stereocenters. The third-order valence-corrected chi connectivity index (χ3v) is 4.36.